The van der Waals surface area contributed by atoms with Crippen molar-refractivity contribution in [2.45, 2.75) is 44.4 Å². The van der Waals surface area contributed by atoms with Gasteiger partial charge in [0, 0.05) is 33.2 Å². The van der Waals surface area contributed by atoms with Crippen molar-refractivity contribution in [3.8, 4) is 16.8 Å². The summed E-state index contributed by atoms with van der Waals surface area (Å²) in [6, 6.07) is 70.6. The SMILES string of the molecule is C[C@H]1C[C@H]2C[C@H]3CC(c4ccc(N(c5ccc(-c6cccc(-n7c8ccccc8c8cc9ccccc9cc87)c6)cc5)c5cc6ccccc6c6ccccc56)cc4)(CC23)C1. The molecule has 0 aliphatic heterocycles. The molecule has 2 heteroatoms. The summed E-state index contributed by atoms with van der Waals surface area (Å²) in [6.45, 7) is 2.52. The molecule has 0 N–H and O–H groups in total. The van der Waals surface area contributed by atoms with Crippen molar-refractivity contribution in [3.05, 3.63) is 194 Å². The molecule has 0 amide bonds. The first-order valence-electron chi connectivity index (χ1n) is 22.5. The van der Waals surface area contributed by atoms with Gasteiger partial charge in [0.1, 0.15) is 0 Å². The summed E-state index contributed by atoms with van der Waals surface area (Å²) in [5.74, 6) is 3.67. The van der Waals surface area contributed by atoms with E-state index in [-0.39, 0.29) is 0 Å². The van der Waals surface area contributed by atoms with E-state index in [4.69, 9.17) is 0 Å². The molecule has 5 atom stereocenters. The minimum Gasteiger partial charge on any atom is -0.310 e. The molecule has 0 radical (unpaired) electrons. The molecule has 1 aromatic heterocycles. The standard InChI is InChI=1S/C59H48N2/c1-38-29-44-30-45-36-59(35-38,37-55(44)45)46-23-27-48(28-24-46)60(57-34-43-13-4-5-16-50(43)51-17-6-7-18-52(51)57)47-25-21-39(22-26-47)40-14-10-15-49(31-40)61-56-20-9-8-19-53(56)54-32-41-11-2-3-12-42(41)33-58(54)61/h2-28,31-34,38,44-45,55H,29-30,35-37H2,1H3/t38-,44-,45-,55?,59?/m0/s1. The van der Waals surface area contributed by atoms with Gasteiger partial charge in [0.25, 0.3) is 0 Å². The molecular formula is C59H48N2. The van der Waals surface area contributed by atoms with Crippen LogP contribution < -0.4 is 4.90 Å². The lowest BCUT2D eigenvalue weighted by Gasteiger charge is -2.42. The second-order valence-corrected chi connectivity index (χ2v) is 18.9. The van der Waals surface area contributed by atoms with E-state index >= 15 is 0 Å². The highest BCUT2D eigenvalue weighted by atomic mass is 15.1. The number of aromatic nitrogens is 1. The van der Waals surface area contributed by atoms with E-state index in [2.05, 4.69) is 204 Å². The Bertz CT molecular complexity index is 3330. The average Bonchev–Trinajstić information content (AvgIpc) is 3.74. The molecule has 3 aliphatic rings. The zero-order valence-corrected chi connectivity index (χ0v) is 34.6. The normalized spacial score (nSPS) is 21.9. The molecule has 0 spiro atoms. The van der Waals surface area contributed by atoms with E-state index in [0.29, 0.717) is 5.41 Å². The quantitative estimate of drug-likeness (QED) is 0.153. The van der Waals surface area contributed by atoms with Crippen molar-refractivity contribution in [2.24, 2.45) is 23.7 Å². The predicted molar refractivity (Wildman–Crippen MR) is 258 cm³/mol. The Balaban J connectivity index is 0.923. The third-order valence-electron chi connectivity index (χ3n) is 15.4. The van der Waals surface area contributed by atoms with Crippen LogP contribution >= 0.6 is 0 Å². The van der Waals surface area contributed by atoms with E-state index in [1.807, 2.05) is 0 Å². The highest BCUT2D eigenvalue weighted by Gasteiger charge is 2.57. The third-order valence-corrected chi connectivity index (χ3v) is 15.4. The van der Waals surface area contributed by atoms with Crippen molar-refractivity contribution < 1.29 is 0 Å². The Morgan fingerprint density at radius 2 is 1.13 bits per heavy atom. The molecule has 2 bridgehead atoms. The zero-order valence-electron chi connectivity index (χ0n) is 34.6. The van der Waals surface area contributed by atoms with Gasteiger partial charge in [0.15, 0.2) is 0 Å². The maximum atomic E-state index is 2.52. The summed E-state index contributed by atoms with van der Waals surface area (Å²) in [7, 11) is 0. The van der Waals surface area contributed by atoms with E-state index in [1.54, 1.807) is 5.56 Å². The molecule has 1 heterocycles. The lowest BCUT2D eigenvalue weighted by molar-refractivity contribution is 0.0780. The van der Waals surface area contributed by atoms with Gasteiger partial charge in [-0.25, -0.2) is 0 Å². The van der Waals surface area contributed by atoms with E-state index in [1.165, 1.54) is 114 Å². The monoisotopic (exact) mass is 784 g/mol. The Kier molecular flexibility index (Phi) is 7.74. The number of para-hydroxylation sites is 1. The van der Waals surface area contributed by atoms with Gasteiger partial charge in [0.05, 0.1) is 16.7 Å². The second kappa shape index (κ2) is 13.4. The van der Waals surface area contributed by atoms with Crippen LogP contribution in [0.2, 0.25) is 0 Å². The Morgan fingerprint density at radius 3 is 1.93 bits per heavy atom. The summed E-state index contributed by atoms with van der Waals surface area (Å²) in [5.41, 5.74) is 11.5. The molecule has 2 nitrogen and oxygen atoms in total. The highest BCUT2D eigenvalue weighted by Crippen LogP contribution is 2.65. The number of rotatable bonds is 6. The van der Waals surface area contributed by atoms with Crippen LogP contribution in [-0.4, -0.2) is 4.57 Å². The van der Waals surface area contributed by atoms with Gasteiger partial charge in [-0.2, -0.15) is 0 Å². The number of anilines is 3. The van der Waals surface area contributed by atoms with Gasteiger partial charge >= 0.3 is 0 Å². The molecule has 294 valence electrons. The average molecular weight is 785 g/mol. The van der Waals surface area contributed by atoms with E-state index in [0.717, 1.165) is 29.4 Å². The van der Waals surface area contributed by atoms with Gasteiger partial charge in [-0.05, 0) is 165 Å². The minimum absolute atomic E-state index is 0.336. The molecule has 10 aromatic rings. The number of nitrogens with zero attached hydrogens (tertiary/aromatic N) is 2. The first kappa shape index (κ1) is 35.1. The molecule has 9 aromatic carbocycles. The van der Waals surface area contributed by atoms with Crippen molar-refractivity contribution in [1.29, 1.82) is 0 Å². The first-order valence-corrected chi connectivity index (χ1v) is 22.5. The fraction of sp³-hybridized carbons (Fsp3) is 0.186. The summed E-state index contributed by atoms with van der Waals surface area (Å²) < 4.78 is 2.44. The van der Waals surface area contributed by atoms with E-state index < -0.39 is 0 Å². The van der Waals surface area contributed by atoms with Gasteiger partial charge in [-0.1, -0.05) is 134 Å². The molecule has 61 heavy (non-hydrogen) atoms. The van der Waals surface area contributed by atoms with Gasteiger partial charge < -0.3 is 9.47 Å². The summed E-state index contributed by atoms with van der Waals surface area (Å²) in [5, 5.41) is 10.2. The maximum absolute atomic E-state index is 2.52. The molecule has 3 saturated carbocycles. The van der Waals surface area contributed by atoms with Crippen molar-refractivity contribution >= 4 is 71.2 Å². The van der Waals surface area contributed by atoms with Crippen molar-refractivity contribution in [3.63, 3.8) is 0 Å². The van der Waals surface area contributed by atoms with Gasteiger partial charge in [-0.15, -0.1) is 0 Å². The van der Waals surface area contributed by atoms with Crippen molar-refractivity contribution in [1.82, 2.24) is 4.57 Å². The lowest BCUT2D eigenvalue weighted by atomic mass is 9.63. The Labute approximate surface area is 357 Å². The van der Waals surface area contributed by atoms with E-state index in [9.17, 15) is 0 Å². The van der Waals surface area contributed by atoms with Crippen LogP contribution in [0, 0.1) is 23.7 Å². The Morgan fingerprint density at radius 1 is 0.459 bits per heavy atom. The van der Waals surface area contributed by atoms with Crippen molar-refractivity contribution in [2.75, 3.05) is 4.90 Å². The van der Waals surface area contributed by atoms with Gasteiger partial charge in [0.2, 0.25) is 0 Å². The zero-order chi connectivity index (χ0) is 40.2. The predicted octanol–water partition coefficient (Wildman–Crippen LogP) is 16.1. The molecule has 3 fully saturated rings. The van der Waals surface area contributed by atoms with Gasteiger partial charge in [-0.3, -0.25) is 0 Å². The topological polar surface area (TPSA) is 8.17 Å². The largest absolute Gasteiger partial charge is 0.310 e. The number of benzene rings is 9. The molecule has 2 unspecified atom stereocenters. The second-order valence-electron chi connectivity index (χ2n) is 18.9. The number of hydrogen-bond donors (Lipinski definition) is 0. The van der Waals surface area contributed by atoms with Crippen LogP contribution in [0.1, 0.15) is 44.6 Å². The van der Waals surface area contributed by atoms with Crippen LogP contribution in [0.5, 0.6) is 0 Å². The molecule has 13 rings (SSSR count). The maximum Gasteiger partial charge on any atom is 0.0547 e. The molecular weight excluding hydrogens is 737 g/mol. The first-order chi connectivity index (χ1) is 30.1. The fourth-order valence-corrected chi connectivity index (χ4v) is 12.8. The fourth-order valence-electron chi connectivity index (χ4n) is 12.8. The molecule has 0 saturated heterocycles. The number of hydrogen-bond acceptors (Lipinski definition) is 1. The number of fused-ring (bicyclic) bond motifs is 8. The van der Waals surface area contributed by atoms with Crippen LogP contribution in [0.3, 0.4) is 0 Å². The molecule has 3 aliphatic carbocycles. The Hall–Kier alpha value is -6.64. The minimum atomic E-state index is 0.336. The smallest absolute Gasteiger partial charge is 0.0547 e. The lowest BCUT2D eigenvalue weighted by Crippen LogP contribution is -2.34. The summed E-state index contributed by atoms with van der Waals surface area (Å²) in [6.07, 6.45) is 7.01. The van der Waals surface area contributed by atoms with Crippen LogP contribution in [-0.2, 0) is 5.41 Å². The van der Waals surface area contributed by atoms with Crippen LogP contribution in [0.25, 0.3) is 70.9 Å². The van der Waals surface area contributed by atoms with Crippen LogP contribution in [0.4, 0.5) is 17.1 Å². The highest BCUT2D eigenvalue weighted by molar-refractivity contribution is 6.15. The third kappa shape index (κ3) is 5.47. The summed E-state index contributed by atoms with van der Waals surface area (Å²) >= 11 is 0. The summed E-state index contributed by atoms with van der Waals surface area (Å²) in [4.78, 5) is 2.50. The van der Waals surface area contributed by atoms with Crippen LogP contribution in [0.15, 0.2) is 188 Å².